The van der Waals surface area contributed by atoms with E-state index in [1.54, 1.807) is 0 Å². The largest absolute Gasteiger partial charge is 0.377 e. The van der Waals surface area contributed by atoms with Crippen molar-refractivity contribution < 1.29 is 9.26 Å². The van der Waals surface area contributed by atoms with E-state index in [0.717, 1.165) is 31.0 Å². The van der Waals surface area contributed by atoms with Crippen LogP contribution in [0.4, 0.5) is 0 Å². The lowest BCUT2D eigenvalue weighted by Crippen LogP contribution is -2.33. The fraction of sp³-hybridized carbons (Fsp3) is 0.700. The third-order valence-corrected chi connectivity index (χ3v) is 2.59. The van der Waals surface area contributed by atoms with Crippen LogP contribution < -0.4 is 5.32 Å². The number of hydrogen-bond acceptors (Lipinski definition) is 4. The van der Waals surface area contributed by atoms with Crippen LogP contribution in [-0.2, 0) is 11.3 Å². The molecule has 0 bridgehead atoms. The Bertz CT molecular complexity index is 298. The van der Waals surface area contributed by atoms with Gasteiger partial charge in [-0.1, -0.05) is 5.16 Å². The Balaban J connectivity index is 1.82. The number of nitrogens with zero attached hydrogens (tertiary/aromatic N) is 1. The van der Waals surface area contributed by atoms with Crippen LogP contribution in [0.3, 0.4) is 0 Å². The SMILES string of the molecule is Cc1cc(CN[C@@H]2CCO[C@@H]2C)on1. The Labute approximate surface area is 83.6 Å². The van der Waals surface area contributed by atoms with Crippen molar-refractivity contribution in [1.29, 1.82) is 0 Å². The third-order valence-electron chi connectivity index (χ3n) is 2.59. The molecule has 78 valence electrons. The van der Waals surface area contributed by atoms with Gasteiger partial charge in [0, 0.05) is 18.7 Å². The predicted molar refractivity (Wildman–Crippen MR) is 51.9 cm³/mol. The van der Waals surface area contributed by atoms with E-state index in [1.807, 2.05) is 13.0 Å². The highest BCUT2D eigenvalue weighted by Crippen LogP contribution is 2.13. The number of aryl methyl sites for hydroxylation is 1. The lowest BCUT2D eigenvalue weighted by molar-refractivity contribution is 0.112. The molecule has 14 heavy (non-hydrogen) atoms. The number of hydrogen-bond donors (Lipinski definition) is 1. The summed E-state index contributed by atoms with van der Waals surface area (Å²) in [7, 11) is 0. The van der Waals surface area contributed by atoms with Crippen LogP contribution >= 0.6 is 0 Å². The summed E-state index contributed by atoms with van der Waals surface area (Å²) in [4.78, 5) is 0. The van der Waals surface area contributed by atoms with Gasteiger partial charge >= 0.3 is 0 Å². The van der Waals surface area contributed by atoms with Crippen LogP contribution in [0.5, 0.6) is 0 Å². The second kappa shape index (κ2) is 4.11. The first kappa shape index (κ1) is 9.68. The van der Waals surface area contributed by atoms with Gasteiger partial charge in [-0.25, -0.2) is 0 Å². The van der Waals surface area contributed by atoms with E-state index in [-0.39, 0.29) is 0 Å². The summed E-state index contributed by atoms with van der Waals surface area (Å²) < 4.78 is 10.6. The molecule has 1 aliphatic rings. The Morgan fingerprint density at radius 1 is 1.64 bits per heavy atom. The first-order chi connectivity index (χ1) is 6.75. The van der Waals surface area contributed by atoms with Crippen molar-refractivity contribution in [3.05, 3.63) is 17.5 Å². The number of ether oxygens (including phenoxy) is 1. The third kappa shape index (κ3) is 2.13. The molecule has 2 atom stereocenters. The molecule has 0 radical (unpaired) electrons. The average molecular weight is 196 g/mol. The van der Waals surface area contributed by atoms with Gasteiger partial charge in [-0.3, -0.25) is 0 Å². The van der Waals surface area contributed by atoms with E-state index in [9.17, 15) is 0 Å². The molecule has 0 amide bonds. The van der Waals surface area contributed by atoms with E-state index in [4.69, 9.17) is 9.26 Å². The standard InChI is InChI=1S/C10H16N2O2/c1-7-5-9(14-12-7)6-11-10-3-4-13-8(10)2/h5,8,10-11H,3-4,6H2,1-2H3/t8-,10-/m1/s1. The van der Waals surface area contributed by atoms with E-state index in [1.165, 1.54) is 0 Å². The van der Waals surface area contributed by atoms with Crippen LogP contribution in [0.2, 0.25) is 0 Å². The Hall–Kier alpha value is -0.870. The van der Waals surface area contributed by atoms with Gasteiger partial charge in [-0.05, 0) is 20.3 Å². The molecule has 0 saturated carbocycles. The summed E-state index contributed by atoms with van der Waals surface area (Å²) >= 11 is 0. The zero-order valence-electron chi connectivity index (χ0n) is 8.62. The van der Waals surface area contributed by atoms with Crippen molar-refractivity contribution in [3.63, 3.8) is 0 Å². The van der Waals surface area contributed by atoms with Gasteiger partial charge in [-0.15, -0.1) is 0 Å². The fourth-order valence-corrected chi connectivity index (χ4v) is 1.73. The molecule has 0 aromatic carbocycles. The van der Waals surface area contributed by atoms with Crippen molar-refractivity contribution in [2.75, 3.05) is 6.61 Å². The average Bonchev–Trinajstić information content (AvgIpc) is 2.72. The fourth-order valence-electron chi connectivity index (χ4n) is 1.73. The van der Waals surface area contributed by atoms with E-state index in [0.29, 0.717) is 12.1 Å². The van der Waals surface area contributed by atoms with Crippen LogP contribution in [0, 0.1) is 6.92 Å². The normalized spacial score (nSPS) is 27.0. The zero-order chi connectivity index (χ0) is 9.97. The molecule has 1 saturated heterocycles. The first-order valence-electron chi connectivity index (χ1n) is 5.03. The summed E-state index contributed by atoms with van der Waals surface area (Å²) in [6.45, 7) is 5.61. The van der Waals surface area contributed by atoms with Gasteiger partial charge in [0.05, 0.1) is 18.3 Å². The molecule has 0 unspecified atom stereocenters. The maximum absolute atomic E-state index is 5.45. The van der Waals surface area contributed by atoms with E-state index in [2.05, 4.69) is 17.4 Å². The van der Waals surface area contributed by atoms with Gasteiger partial charge in [0.25, 0.3) is 0 Å². The van der Waals surface area contributed by atoms with E-state index >= 15 is 0 Å². The molecule has 1 aromatic heterocycles. The van der Waals surface area contributed by atoms with Crippen molar-refractivity contribution in [3.8, 4) is 0 Å². The van der Waals surface area contributed by atoms with Crippen LogP contribution in [0.1, 0.15) is 24.8 Å². The van der Waals surface area contributed by atoms with Gasteiger partial charge in [0.15, 0.2) is 5.76 Å². The molecule has 1 aromatic rings. The molecule has 4 heteroatoms. The lowest BCUT2D eigenvalue weighted by atomic mass is 10.1. The second-order valence-corrected chi connectivity index (χ2v) is 3.79. The number of nitrogens with one attached hydrogen (secondary N) is 1. The summed E-state index contributed by atoms with van der Waals surface area (Å²) in [5.74, 6) is 0.890. The topological polar surface area (TPSA) is 47.3 Å². The zero-order valence-corrected chi connectivity index (χ0v) is 8.62. The van der Waals surface area contributed by atoms with Crippen molar-refractivity contribution in [1.82, 2.24) is 10.5 Å². The molecule has 4 nitrogen and oxygen atoms in total. The molecule has 1 aliphatic heterocycles. The number of aromatic nitrogens is 1. The van der Waals surface area contributed by atoms with Gasteiger partial charge < -0.3 is 14.6 Å². The van der Waals surface area contributed by atoms with Crippen LogP contribution in [0.15, 0.2) is 10.6 Å². The molecule has 0 aliphatic carbocycles. The summed E-state index contributed by atoms with van der Waals surface area (Å²) in [5.41, 5.74) is 0.928. The Kier molecular flexibility index (Phi) is 2.84. The quantitative estimate of drug-likeness (QED) is 0.790. The van der Waals surface area contributed by atoms with E-state index < -0.39 is 0 Å². The highest BCUT2D eigenvalue weighted by atomic mass is 16.5. The Morgan fingerprint density at radius 2 is 2.50 bits per heavy atom. The number of rotatable bonds is 3. The lowest BCUT2D eigenvalue weighted by Gasteiger charge is -2.14. The van der Waals surface area contributed by atoms with Crippen LogP contribution in [-0.4, -0.2) is 23.9 Å². The monoisotopic (exact) mass is 196 g/mol. The van der Waals surface area contributed by atoms with Gasteiger partial charge in [0.2, 0.25) is 0 Å². The summed E-state index contributed by atoms with van der Waals surface area (Å²) in [6.07, 6.45) is 1.38. The highest BCUT2D eigenvalue weighted by molar-refractivity contribution is 5.03. The minimum Gasteiger partial charge on any atom is -0.377 e. The maximum atomic E-state index is 5.45. The predicted octanol–water partition coefficient (Wildman–Crippen LogP) is 1.25. The van der Waals surface area contributed by atoms with Gasteiger partial charge in [-0.2, -0.15) is 0 Å². The molecular formula is C10H16N2O2. The molecule has 0 spiro atoms. The molecule has 2 rings (SSSR count). The summed E-state index contributed by atoms with van der Waals surface area (Å²) in [5, 5.41) is 7.24. The molecule has 2 heterocycles. The molecule has 1 N–H and O–H groups in total. The first-order valence-corrected chi connectivity index (χ1v) is 5.03. The minimum absolute atomic E-state index is 0.305. The molecule has 1 fully saturated rings. The minimum atomic E-state index is 0.305. The van der Waals surface area contributed by atoms with Gasteiger partial charge in [0.1, 0.15) is 0 Å². The smallest absolute Gasteiger partial charge is 0.150 e. The molecular weight excluding hydrogens is 180 g/mol. The maximum Gasteiger partial charge on any atom is 0.150 e. The van der Waals surface area contributed by atoms with Crippen molar-refractivity contribution >= 4 is 0 Å². The van der Waals surface area contributed by atoms with Crippen molar-refractivity contribution in [2.24, 2.45) is 0 Å². The Morgan fingerprint density at radius 3 is 3.07 bits per heavy atom. The second-order valence-electron chi connectivity index (χ2n) is 3.79. The highest BCUT2D eigenvalue weighted by Gasteiger charge is 2.23. The van der Waals surface area contributed by atoms with Crippen LogP contribution in [0.25, 0.3) is 0 Å². The summed E-state index contributed by atoms with van der Waals surface area (Å²) in [6, 6.07) is 2.40. The van der Waals surface area contributed by atoms with Crippen molar-refractivity contribution in [2.45, 2.75) is 39.0 Å².